The van der Waals surface area contributed by atoms with E-state index in [2.05, 4.69) is 38.4 Å². The Balaban J connectivity index is 2.42. The van der Waals surface area contributed by atoms with Gasteiger partial charge in [-0.15, -0.1) is 0 Å². The first-order chi connectivity index (χ1) is 11.6. The smallest absolute Gasteiger partial charge is 0.205 e. The summed E-state index contributed by atoms with van der Waals surface area (Å²) in [5.74, 6) is 0.935. The molecule has 0 aliphatic heterocycles. The number of benzene rings is 1. The molecule has 7 heteroatoms. The predicted molar refractivity (Wildman–Crippen MR) is 106 cm³/mol. The van der Waals surface area contributed by atoms with Crippen molar-refractivity contribution in [3.05, 3.63) is 40.8 Å². The fraction of sp³-hybridized carbons (Fsp3) is 0.500. The SMILES string of the molecule is Cn1c(C(C)(C)C)nc(C(O)CO[Si](C)C)c1Sc1cccc(Cl)c1. The summed E-state index contributed by atoms with van der Waals surface area (Å²) >= 11 is 7.68. The Labute approximate surface area is 161 Å². The lowest BCUT2D eigenvalue weighted by atomic mass is 9.96. The lowest BCUT2D eigenvalue weighted by Crippen LogP contribution is -2.18. The zero-order valence-electron chi connectivity index (χ0n) is 15.6. The minimum absolute atomic E-state index is 0.123. The van der Waals surface area contributed by atoms with E-state index in [1.54, 1.807) is 11.8 Å². The molecule has 0 spiro atoms. The lowest BCUT2D eigenvalue weighted by molar-refractivity contribution is 0.102. The highest BCUT2D eigenvalue weighted by Crippen LogP contribution is 2.37. The molecule has 2 aromatic rings. The first-order valence-electron chi connectivity index (χ1n) is 8.21. The van der Waals surface area contributed by atoms with E-state index in [9.17, 15) is 5.11 Å². The Morgan fingerprint density at radius 3 is 2.60 bits per heavy atom. The van der Waals surface area contributed by atoms with Gasteiger partial charge in [0, 0.05) is 22.4 Å². The molecule has 25 heavy (non-hydrogen) atoms. The van der Waals surface area contributed by atoms with E-state index in [4.69, 9.17) is 21.0 Å². The quantitative estimate of drug-likeness (QED) is 0.709. The van der Waals surface area contributed by atoms with Crippen molar-refractivity contribution in [2.24, 2.45) is 7.05 Å². The average molecular weight is 398 g/mol. The van der Waals surface area contributed by atoms with E-state index >= 15 is 0 Å². The van der Waals surface area contributed by atoms with Gasteiger partial charge in [0.15, 0.2) is 0 Å². The number of aromatic nitrogens is 2. The van der Waals surface area contributed by atoms with Crippen LogP contribution < -0.4 is 0 Å². The Morgan fingerprint density at radius 2 is 2.04 bits per heavy atom. The molecule has 1 radical (unpaired) electrons. The number of aliphatic hydroxyl groups is 1. The summed E-state index contributed by atoms with van der Waals surface area (Å²) in [7, 11) is 1.13. The normalized spacial score (nSPS) is 13.5. The highest BCUT2D eigenvalue weighted by Gasteiger charge is 2.28. The fourth-order valence-corrected chi connectivity index (χ4v) is 4.29. The van der Waals surface area contributed by atoms with Gasteiger partial charge >= 0.3 is 0 Å². The van der Waals surface area contributed by atoms with Gasteiger partial charge < -0.3 is 14.1 Å². The van der Waals surface area contributed by atoms with E-state index in [1.165, 1.54) is 0 Å². The van der Waals surface area contributed by atoms with Crippen molar-refractivity contribution in [3.8, 4) is 0 Å². The number of hydrogen-bond acceptors (Lipinski definition) is 4. The van der Waals surface area contributed by atoms with Crippen molar-refractivity contribution < 1.29 is 9.53 Å². The van der Waals surface area contributed by atoms with Crippen LogP contribution in [0, 0.1) is 0 Å². The number of hydrogen-bond donors (Lipinski definition) is 1. The number of rotatable bonds is 6. The number of nitrogens with zero attached hydrogens (tertiary/aromatic N) is 2. The molecule has 0 saturated carbocycles. The van der Waals surface area contributed by atoms with Crippen molar-refractivity contribution >= 4 is 32.4 Å². The molecule has 0 fully saturated rings. The topological polar surface area (TPSA) is 47.3 Å². The van der Waals surface area contributed by atoms with Crippen LogP contribution in [0.3, 0.4) is 0 Å². The van der Waals surface area contributed by atoms with E-state index in [0.29, 0.717) is 10.7 Å². The molecule has 1 atom stereocenters. The van der Waals surface area contributed by atoms with Gasteiger partial charge in [-0.2, -0.15) is 0 Å². The number of aliphatic hydroxyl groups excluding tert-OH is 1. The maximum absolute atomic E-state index is 10.7. The standard InChI is InChI=1S/C18H26ClN2O2SSi/c1-18(2,3)17-20-15(14(22)11-23-25(5)6)16(21(17)4)24-13-9-7-8-12(19)10-13/h7-10,14,22H,11H2,1-6H3. The fourth-order valence-electron chi connectivity index (χ4n) is 2.48. The second-order valence-corrected chi connectivity index (χ2v) is 10.8. The molecule has 1 heterocycles. The molecule has 4 nitrogen and oxygen atoms in total. The van der Waals surface area contributed by atoms with Crippen molar-refractivity contribution in [1.82, 2.24) is 9.55 Å². The van der Waals surface area contributed by atoms with Gasteiger partial charge in [-0.25, -0.2) is 4.98 Å². The summed E-state index contributed by atoms with van der Waals surface area (Å²) in [6.45, 7) is 10.7. The second-order valence-electron chi connectivity index (χ2n) is 7.23. The third kappa shape index (κ3) is 5.34. The van der Waals surface area contributed by atoms with Crippen LogP contribution in [0.15, 0.2) is 34.2 Å². The summed E-state index contributed by atoms with van der Waals surface area (Å²) in [6.07, 6.45) is -0.746. The molecule has 2 rings (SSSR count). The molecule has 0 amide bonds. The first-order valence-corrected chi connectivity index (χ1v) is 11.8. The van der Waals surface area contributed by atoms with E-state index < -0.39 is 15.1 Å². The van der Waals surface area contributed by atoms with Crippen LogP contribution in [0.2, 0.25) is 18.1 Å². The van der Waals surface area contributed by atoms with E-state index in [0.717, 1.165) is 15.7 Å². The van der Waals surface area contributed by atoms with Gasteiger partial charge in [0.05, 0.1) is 6.61 Å². The maximum atomic E-state index is 10.7. The third-order valence-electron chi connectivity index (χ3n) is 3.59. The summed E-state index contributed by atoms with van der Waals surface area (Å²) in [5.41, 5.74) is 0.544. The van der Waals surface area contributed by atoms with Crippen molar-refractivity contribution in [2.75, 3.05) is 6.61 Å². The highest BCUT2D eigenvalue weighted by molar-refractivity contribution is 7.99. The van der Waals surface area contributed by atoms with Crippen LogP contribution in [0.1, 0.15) is 38.4 Å². The molecular formula is C18H26ClN2O2SSi. The molecule has 0 saturated heterocycles. The molecule has 1 unspecified atom stereocenters. The molecule has 1 aromatic carbocycles. The van der Waals surface area contributed by atoms with E-state index in [-0.39, 0.29) is 12.0 Å². The van der Waals surface area contributed by atoms with E-state index in [1.807, 2.05) is 31.3 Å². The lowest BCUT2D eigenvalue weighted by Gasteiger charge is -2.18. The Bertz CT molecular complexity index is 728. The van der Waals surface area contributed by atoms with Crippen LogP contribution >= 0.6 is 23.4 Å². The summed E-state index contributed by atoms with van der Waals surface area (Å²) < 4.78 is 7.75. The third-order valence-corrected chi connectivity index (χ3v) is 5.74. The summed E-state index contributed by atoms with van der Waals surface area (Å²) in [6, 6.07) is 7.70. The predicted octanol–water partition coefficient (Wildman–Crippen LogP) is 4.82. The van der Waals surface area contributed by atoms with Gasteiger partial charge in [0.2, 0.25) is 9.04 Å². The molecule has 137 valence electrons. The molecule has 0 aliphatic rings. The van der Waals surface area contributed by atoms with Gasteiger partial charge in [-0.1, -0.05) is 50.2 Å². The second kappa shape index (κ2) is 8.27. The van der Waals surface area contributed by atoms with Crippen molar-refractivity contribution in [2.45, 2.75) is 55.3 Å². The monoisotopic (exact) mass is 397 g/mol. The Morgan fingerprint density at radius 1 is 1.36 bits per heavy atom. The molecule has 0 bridgehead atoms. The van der Waals surface area contributed by atoms with Gasteiger partial charge in [0.25, 0.3) is 0 Å². The van der Waals surface area contributed by atoms with Gasteiger partial charge in [-0.3, -0.25) is 0 Å². The van der Waals surface area contributed by atoms with Gasteiger partial charge in [0.1, 0.15) is 22.6 Å². The Hall–Kier alpha value is -0.793. The summed E-state index contributed by atoms with van der Waals surface area (Å²) in [5, 5.41) is 12.3. The minimum atomic E-state index is -0.863. The van der Waals surface area contributed by atoms with Gasteiger partial charge in [-0.05, 0) is 31.3 Å². The zero-order valence-corrected chi connectivity index (χ0v) is 18.2. The summed E-state index contributed by atoms with van der Waals surface area (Å²) in [4.78, 5) is 5.78. The van der Waals surface area contributed by atoms with Crippen LogP contribution in [0.25, 0.3) is 0 Å². The largest absolute Gasteiger partial charge is 0.414 e. The van der Waals surface area contributed by atoms with Crippen LogP contribution in [0.5, 0.6) is 0 Å². The average Bonchev–Trinajstić information content (AvgIpc) is 2.82. The minimum Gasteiger partial charge on any atom is -0.414 e. The molecular weight excluding hydrogens is 372 g/mol. The Kier molecular flexibility index (Phi) is 6.78. The van der Waals surface area contributed by atoms with Crippen molar-refractivity contribution in [3.63, 3.8) is 0 Å². The first kappa shape index (κ1) is 20.5. The van der Waals surface area contributed by atoms with Crippen LogP contribution in [0.4, 0.5) is 0 Å². The zero-order chi connectivity index (χ0) is 18.8. The molecule has 0 aliphatic carbocycles. The molecule has 1 aromatic heterocycles. The van der Waals surface area contributed by atoms with Crippen LogP contribution in [-0.4, -0.2) is 30.3 Å². The highest BCUT2D eigenvalue weighted by atomic mass is 35.5. The molecule has 1 N–H and O–H groups in total. The van der Waals surface area contributed by atoms with Crippen LogP contribution in [-0.2, 0) is 16.9 Å². The van der Waals surface area contributed by atoms with Crippen molar-refractivity contribution in [1.29, 1.82) is 0 Å². The maximum Gasteiger partial charge on any atom is 0.205 e. The number of imidazole rings is 1. The number of halogens is 1.